The van der Waals surface area contributed by atoms with Crippen molar-refractivity contribution in [2.24, 2.45) is 0 Å². The summed E-state index contributed by atoms with van der Waals surface area (Å²) in [6.45, 7) is 5.07. The van der Waals surface area contributed by atoms with E-state index in [2.05, 4.69) is 27.7 Å². The summed E-state index contributed by atoms with van der Waals surface area (Å²) < 4.78 is 0. The summed E-state index contributed by atoms with van der Waals surface area (Å²) >= 11 is 0. The predicted molar refractivity (Wildman–Crippen MR) is 55.6 cm³/mol. The van der Waals surface area contributed by atoms with Crippen LogP contribution in [0, 0.1) is 13.8 Å². The van der Waals surface area contributed by atoms with Crippen molar-refractivity contribution < 1.29 is 0 Å². The van der Waals surface area contributed by atoms with Crippen LogP contribution in [0.25, 0.3) is 6.08 Å². The van der Waals surface area contributed by atoms with Gasteiger partial charge in [0.25, 0.3) is 0 Å². The molecule has 0 spiro atoms. The predicted octanol–water partition coefficient (Wildman–Crippen LogP) is 1.65. The molecule has 0 aliphatic rings. The molecule has 0 amide bonds. The van der Waals surface area contributed by atoms with E-state index in [1.165, 1.54) is 5.56 Å². The van der Waals surface area contributed by atoms with Crippen molar-refractivity contribution >= 4 is 6.08 Å². The third kappa shape index (κ3) is 2.70. The topological polar surface area (TPSA) is 40.7 Å². The van der Waals surface area contributed by atoms with Crippen LogP contribution in [-0.2, 0) is 0 Å². The third-order valence-electron chi connectivity index (χ3n) is 2.03. The summed E-state index contributed by atoms with van der Waals surface area (Å²) in [5.74, 6) is 0. The van der Waals surface area contributed by atoms with Crippen LogP contribution in [0.15, 0.2) is 6.08 Å². The first-order valence-corrected chi connectivity index (χ1v) is 4.58. The maximum atomic E-state index is 4.12. The molecule has 0 aromatic carbocycles. The number of hydrogen-bond acceptors (Lipinski definition) is 2. The van der Waals surface area contributed by atoms with Gasteiger partial charge in [0.2, 0.25) is 0 Å². The molecule has 0 saturated carbocycles. The van der Waals surface area contributed by atoms with Crippen molar-refractivity contribution in [2.45, 2.75) is 20.3 Å². The number of nitrogens with one attached hydrogen (secondary N) is 2. The second-order valence-electron chi connectivity index (χ2n) is 3.14. The Hall–Kier alpha value is -1.09. The fraction of sp³-hybridized carbons (Fsp3) is 0.500. The van der Waals surface area contributed by atoms with Crippen LogP contribution in [0.2, 0.25) is 0 Å². The summed E-state index contributed by atoms with van der Waals surface area (Å²) in [4.78, 5) is 0. The van der Waals surface area contributed by atoms with Gasteiger partial charge in [0.15, 0.2) is 0 Å². The Bertz CT molecular complexity index is 267. The van der Waals surface area contributed by atoms with Crippen LogP contribution < -0.4 is 5.32 Å². The van der Waals surface area contributed by atoms with Crippen LogP contribution >= 0.6 is 0 Å². The van der Waals surface area contributed by atoms with E-state index in [4.69, 9.17) is 0 Å². The second kappa shape index (κ2) is 4.82. The smallest absolute Gasteiger partial charge is 0.0666 e. The number of aromatic nitrogens is 2. The van der Waals surface area contributed by atoms with E-state index in [1.54, 1.807) is 0 Å². The largest absolute Gasteiger partial charge is 0.319 e. The Morgan fingerprint density at radius 2 is 2.23 bits per heavy atom. The van der Waals surface area contributed by atoms with Gasteiger partial charge in [-0.05, 0) is 33.9 Å². The van der Waals surface area contributed by atoms with Gasteiger partial charge in [0.05, 0.1) is 5.69 Å². The van der Waals surface area contributed by atoms with Crippen molar-refractivity contribution in [3.63, 3.8) is 0 Å². The molecule has 1 rings (SSSR count). The molecule has 0 bridgehead atoms. The van der Waals surface area contributed by atoms with Gasteiger partial charge in [-0.2, -0.15) is 5.10 Å². The lowest BCUT2D eigenvalue weighted by atomic mass is 10.2. The lowest BCUT2D eigenvalue weighted by molar-refractivity contribution is 0.809. The van der Waals surface area contributed by atoms with E-state index >= 15 is 0 Å². The summed E-state index contributed by atoms with van der Waals surface area (Å²) in [6.07, 6.45) is 5.35. The maximum Gasteiger partial charge on any atom is 0.0666 e. The second-order valence-corrected chi connectivity index (χ2v) is 3.14. The van der Waals surface area contributed by atoms with E-state index in [1.807, 2.05) is 20.9 Å². The monoisotopic (exact) mass is 179 g/mol. The van der Waals surface area contributed by atoms with Gasteiger partial charge >= 0.3 is 0 Å². The Morgan fingerprint density at radius 1 is 1.46 bits per heavy atom. The molecule has 0 radical (unpaired) electrons. The maximum absolute atomic E-state index is 4.12. The number of hydrogen-bond donors (Lipinski definition) is 2. The van der Waals surface area contributed by atoms with Gasteiger partial charge in [-0.25, -0.2) is 0 Å². The first kappa shape index (κ1) is 9.99. The fourth-order valence-corrected chi connectivity index (χ4v) is 1.23. The first-order chi connectivity index (χ1) is 6.25. The molecule has 1 aromatic heterocycles. The van der Waals surface area contributed by atoms with Crippen LogP contribution in [0.4, 0.5) is 0 Å². The highest BCUT2D eigenvalue weighted by molar-refractivity contribution is 5.53. The quantitative estimate of drug-likeness (QED) is 0.690. The van der Waals surface area contributed by atoms with Crippen molar-refractivity contribution in [3.05, 3.63) is 23.0 Å². The lowest BCUT2D eigenvalue weighted by Gasteiger charge is -1.93. The molecule has 0 aliphatic heterocycles. The highest BCUT2D eigenvalue weighted by Gasteiger charge is 2.00. The molecule has 0 aliphatic carbocycles. The summed E-state index contributed by atoms with van der Waals surface area (Å²) in [5.41, 5.74) is 3.42. The van der Waals surface area contributed by atoms with E-state index in [-0.39, 0.29) is 0 Å². The fourth-order valence-electron chi connectivity index (χ4n) is 1.23. The number of aryl methyl sites for hydroxylation is 2. The molecular weight excluding hydrogens is 162 g/mol. The lowest BCUT2D eigenvalue weighted by Crippen LogP contribution is -2.05. The van der Waals surface area contributed by atoms with Crippen molar-refractivity contribution in [1.29, 1.82) is 0 Å². The summed E-state index contributed by atoms with van der Waals surface area (Å²) in [5, 5.41) is 10.2. The van der Waals surface area contributed by atoms with Crippen LogP contribution in [0.3, 0.4) is 0 Å². The minimum atomic E-state index is 1.02. The zero-order valence-corrected chi connectivity index (χ0v) is 8.52. The number of rotatable bonds is 4. The van der Waals surface area contributed by atoms with Gasteiger partial charge < -0.3 is 5.32 Å². The van der Waals surface area contributed by atoms with Gasteiger partial charge in [-0.15, -0.1) is 0 Å². The van der Waals surface area contributed by atoms with Crippen LogP contribution in [-0.4, -0.2) is 23.8 Å². The van der Waals surface area contributed by atoms with E-state index < -0.39 is 0 Å². The van der Waals surface area contributed by atoms with Gasteiger partial charge in [-0.1, -0.05) is 12.2 Å². The average molecular weight is 179 g/mol. The highest BCUT2D eigenvalue weighted by atomic mass is 15.1. The van der Waals surface area contributed by atoms with Crippen LogP contribution in [0.5, 0.6) is 0 Å². The molecule has 72 valence electrons. The summed E-state index contributed by atoms with van der Waals surface area (Å²) in [6, 6.07) is 0. The Labute approximate surface area is 79.2 Å². The molecule has 0 fully saturated rings. The zero-order chi connectivity index (χ0) is 9.68. The number of H-pyrrole nitrogens is 1. The molecule has 2 N–H and O–H groups in total. The molecule has 1 heterocycles. The third-order valence-corrected chi connectivity index (χ3v) is 2.03. The number of nitrogens with zero attached hydrogens (tertiary/aromatic N) is 1. The van der Waals surface area contributed by atoms with Crippen LogP contribution in [0.1, 0.15) is 23.4 Å². The first-order valence-electron chi connectivity index (χ1n) is 4.58. The molecule has 0 unspecified atom stereocenters. The van der Waals surface area contributed by atoms with E-state index in [9.17, 15) is 0 Å². The van der Waals surface area contributed by atoms with Gasteiger partial charge in [0.1, 0.15) is 0 Å². The SMILES string of the molecule is CNCCC=Cc1c(C)n[nH]c1C. The van der Waals surface area contributed by atoms with Gasteiger partial charge in [-0.3, -0.25) is 5.10 Å². The molecular formula is C10H17N3. The summed E-state index contributed by atoms with van der Waals surface area (Å²) in [7, 11) is 1.96. The number of aromatic amines is 1. The average Bonchev–Trinajstić information content (AvgIpc) is 2.42. The molecule has 13 heavy (non-hydrogen) atoms. The van der Waals surface area contributed by atoms with Crippen molar-refractivity contribution in [3.8, 4) is 0 Å². The standard InChI is InChI=1S/C10H17N3/c1-8-10(9(2)13-12-8)6-4-5-7-11-3/h4,6,11H,5,7H2,1-3H3,(H,12,13). The Balaban J connectivity index is 2.57. The molecule has 0 saturated heterocycles. The normalized spacial score (nSPS) is 11.3. The molecule has 0 atom stereocenters. The van der Waals surface area contributed by atoms with Gasteiger partial charge in [0, 0.05) is 11.3 Å². The molecule has 3 nitrogen and oxygen atoms in total. The Kier molecular flexibility index (Phi) is 3.71. The van der Waals surface area contributed by atoms with Crippen molar-refractivity contribution in [2.75, 3.05) is 13.6 Å². The zero-order valence-electron chi connectivity index (χ0n) is 8.52. The molecule has 1 aromatic rings. The molecule has 3 heteroatoms. The Morgan fingerprint density at radius 3 is 2.77 bits per heavy atom. The van der Waals surface area contributed by atoms with E-state index in [0.717, 1.165) is 24.4 Å². The van der Waals surface area contributed by atoms with E-state index in [0.29, 0.717) is 0 Å². The minimum absolute atomic E-state index is 1.02. The highest BCUT2D eigenvalue weighted by Crippen LogP contribution is 2.11. The van der Waals surface area contributed by atoms with Crippen molar-refractivity contribution in [1.82, 2.24) is 15.5 Å². The minimum Gasteiger partial charge on any atom is -0.319 e.